The molecule has 0 unspecified atom stereocenters. The second-order valence-corrected chi connectivity index (χ2v) is 5.89. The van der Waals surface area contributed by atoms with Crippen molar-refractivity contribution in [3.8, 4) is 0 Å². The van der Waals surface area contributed by atoms with Crippen molar-refractivity contribution in [1.82, 2.24) is 9.55 Å². The summed E-state index contributed by atoms with van der Waals surface area (Å²) < 4.78 is 13.3. The number of rotatable bonds is 4. The first-order chi connectivity index (χ1) is 10.9. The predicted molar refractivity (Wildman–Crippen MR) is 90.3 cm³/mol. The van der Waals surface area contributed by atoms with Gasteiger partial charge in [0.1, 0.15) is 18.4 Å². The molecule has 1 aliphatic rings. The van der Waals surface area contributed by atoms with Crippen molar-refractivity contribution in [2.75, 3.05) is 6.61 Å². The smallest absolute Gasteiger partial charge is 0.330 e. The number of hydrogen-bond donors (Lipinski definition) is 2. The third-order valence-corrected chi connectivity index (χ3v) is 4.61. The molecule has 23 heavy (non-hydrogen) atoms. The SMILES string of the molecule is CC(=O)O[C@H]1C[C@H](n2cc(/C(Cl)=C\I)c(=O)[nH]c2=O)O[C@@H]1CO. The minimum absolute atomic E-state index is 0.112. The maximum Gasteiger partial charge on any atom is 0.330 e. The molecule has 126 valence electrons. The van der Waals surface area contributed by atoms with Crippen molar-refractivity contribution in [1.29, 1.82) is 0 Å². The second kappa shape index (κ2) is 7.60. The average Bonchev–Trinajstić information content (AvgIpc) is 2.88. The monoisotopic (exact) mass is 456 g/mol. The lowest BCUT2D eigenvalue weighted by molar-refractivity contribution is -0.150. The lowest BCUT2D eigenvalue weighted by Gasteiger charge is -2.15. The summed E-state index contributed by atoms with van der Waals surface area (Å²) in [5.41, 5.74) is -1.18. The molecule has 3 atom stereocenters. The predicted octanol–water partition coefficient (Wildman–Crippen LogP) is 0.720. The van der Waals surface area contributed by atoms with Crippen LogP contribution >= 0.6 is 34.2 Å². The Bertz CT molecular complexity index is 743. The van der Waals surface area contributed by atoms with Gasteiger partial charge in [0.2, 0.25) is 0 Å². The van der Waals surface area contributed by atoms with E-state index < -0.39 is 35.7 Å². The average molecular weight is 457 g/mol. The minimum Gasteiger partial charge on any atom is -0.460 e. The van der Waals surface area contributed by atoms with E-state index >= 15 is 0 Å². The summed E-state index contributed by atoms with van der Waals surface area (Å²) in [5, 5.41) is 9.49. The first kappa shape index (κ1) is 18.2. The molecule has 8 nitrogen and oxygen atoms in total. The van der Waals surface area contributed by atoms with Crippen LogP contribution in [0.2, 0.25) is 0 Å². The first-order valence-electron chi connectivity index (χ1n) is 6.62. The van der Waals surface area contributed by atoms with Crippen molar-refractivity contribution in [3.63, 3.8) is 0 Å². The van der Waals surface area contributed by atoms with E-state index in [1.54, 1.807) is 0 Å². The second-order valence-electron chi connectivity index (χ2n) is 4.86. The number of H-pyrrole nitrogens is 1. The molecular weight excluding hydrogens is 443 g/mol. The third kappa shape index (κ3) is 4.03. The fourth-order valence-corrected chi connectivity index (χ4v) is 2.77. The molecule has 0 spiro atoms. The van der Waals surface area contributed by atoms with E-state index in [0.717, 1.165) is 4.57 Å². The molecule has 0 saturated carbocycles. The van der Waals surface area contributed by atoms with Gasteiger partial charge < -0.3 is 14.6 Å². The summed E-state index contributed by atoms with van der Waals surface area (Å²) >= 11 is 7.82. The molecular formula is C13H14ClIN2O6. The molecule has 0 aliphatic carbocycles. The van der Waals surface area contributed by atoms with Crippen LogP contribution in [0, 0.1) is 0 Å². The standard InChI is InChI=1S/C13H14ClIN2O6/c1-6(19)22-9-2-11(23-10(9)5-18)17-4-7(8(14)3-15)12(20)16-13(17)21/h3-4,9-11,18H,2,5H2,1H3,(H,16,20,21)/b8-3+/t9-,10+,11+/m0/s1. The van der Waals surface area contributed by atoms with Crippen molar-refractivity contribution < 1.29 is 19.4 Å². The van der Waals surface area contributed by atoms with Gasteiger partial charge in [0, 0.05) is 19.5 Å². The number of ether oxygens (including phenoxy) is 2. The molecule has 10 heteroatoms. The van der Waals surface area contributed by atoms with E-state index in [1.807, 2.05) is 22.6 Å². The number of carbonyl (C=O) groups is 1. The number of halogens is 2. The number of hydrogen-bond acceptors (Lipinski definition) is 6. The Labute approximate surface area is 149 Å². The number of esters is 1. The topological polar surface area (TPSA) is 111 Å². The largest absolute Gasteiger partial charge is 0.460 e. The number of aliphatic hydroxyl groups is 1. The third-order valence-electron chi connectivity index (χ3n) is 3.31. The van der Waals surface area contributed by atoms with Crippen LogP contribution < -0.4 is 11.2 Å². The van der Waals surface area contributed by atoms with Gasteiger partial charge >= 0.3 is 11.7 Å². The Morgan fingerprint density at radius 2 is 2.35 bits per heavy atom. The zero-order valence-electron chi connectivity index (χ0n) is 12.0. The fraction of sp³-hybridized carbons (Fsp3) is 0.462. The summed E-state index contributed by atoms with van der Waals surface area (Å²) in [4.78, 5) is 37.1. The van der Waals surface area contributed by atoms with Gasteiger partial charge in [-0.05, 0) is 4.08 Å². The van der Waals surface area contributed by atoms with Crippen molar-refractivity contribution in [2.24, 2.45) is 0 Å². The van der Waals surface area contributed by atoms with E-state index in [2.05, 4.69) is 4.98 Å². The van der Waals surface area contributed by atoms with Crippen molar-refractivity contribution in [2.45, 2.75) is 31.8 Å². The molecule has 2 rings (SSSR count). The normalized spacial score (nSPS) is 24.7. The van der Waals surface area contributed by atoms with Crippen LogP contribution in [0.25, 0.3) is 5.03 Å². The Morgan fingerprint density at radius 1 is 1.65 bits per heavy atom. The van der Waals surface area contributed by atoms with Crippen LogP contribution in [0.3, 0.4) is 0 Å². The molecule has 2 N–H and O–H groups in total. The van der Waals surface area contributed by atoms with Gasteiger partial charge in [-0.1, -0.05) is 34.2 Å². The minimum atomic E-state index is -0.793. The Morgan fingerprint density at radius 3 is 2.91 bits per heavy atom. The Balaban J connectivity index is 2.37. The number of nitrogens with one attached hydrogen (secondary N) is 1. The number of aromatic amines is 1. The molecule has 0 aromatic carbocycles. The van der Waals surface area contributed by atoms with Crippen LogP contribution in [-0.2, 0) is 14.3 Å². The molecule has 0 amide bonds. The van der Waals surface area contributed by atoms with Gasteiger partial charge in [0.25, 0.3) is 5.56 Å². The molecule has 1 aromatic heterocycles. The van der Waals surface area contributed by atoms with E-state index in [4.69, 9.17) is 21.1 Å². The van der Waals surface area contributed by atoms with Crippen molar-refractivity contribution >= 4 is 45.2 Å². The summed E-state index contributed by atoms with van der Waals surface area (Å²) in [6.45, 7) is 0.880. The zero-order chi connectivity index (χ0) is 17.1. The molecule has 0 bridgehead atoms. The van der Waals surface area contributed by atoms with E-state index in [1.165, 1.54) is 17.2 Å². The maximum atomic E-state index is 12.0. The van der Waals surface area contributed by atoms with Crippen LogP contribution in [0.4, 0.5) is 0 Å². The Kier molecular flexibility index (Phi) is 6.00. The highest BCUT2D eigenvalue weighted by atomic mass is 127. The van der Waals surface area contributed by atoms with E-state index in [0.29, 0.717) is 0 Å². The maximum absolute atomic E-state index is 12.0. The van der Waals surface area contributed by atoms with E-state index in [9.17, 15) is 19.5 Å². The molecule has 1 aliphatic heterocycles. The quantitative estimate of drug-likeness (QED) is 0.510. The van der Waals surface area contributed by atoms with Gasteiger partial charge in [-0.25, -0.2) is 4.79 Å². The lowest BCUT2D eigenvalue weighted by atomic mass is 10.2. The van der Waals surface area contributed by atoms with Crippen molar-refractivity contribution in [3.05, 3.63) is 36.7 Å². The van der Waals surface area contributed by atoms with Crippen LogP contribution in [0.15, 0.2) is 19.9 Å². The Hall–Kier alpha value is -1.17. The number of aliphatic hydroxyl groups excluding tert-OH is 1. The van der Waals surface area contributed by atoms with Gasteiger partial charge in [-0.2, -0.15) is 0 Å². The highest BCUT2D eigenvalue weighted by Gasteiger charge is 2.38. The van der Waals surface area contributed by atoms with Gasteiger partial charge in [0.05, 0.1) is 17.2 Å². The molecule has 1 aromatic rings. The molecule has 1 fully saturated rings. The molecule has 1 saturated heterocycles. The van der Waals surface area contributed by atoms with Crippen LogP contribution in [0.5, 0.6) is 0 Å². The number of nitrogens with zero attached hydrogens (tertiary/aromatic N) is 1. The van der Waals surface area contributed by atoms with Crippen LogP contribution in [-0.4, -0.2) is 39.4 Å². The molecule has 2 heterocycles. The summed E-state index contributed by atoms with van der Waals surface area (Å²) in [6, 6.07) is 0. The highest BCUT2D eigenvalue weighted by Crippen LogP contribution is 2.30. The summed E-state index contributed by atoms with van der Waals surface area (Å²) in [7, 11) is 0. The number of carbonyl (C=O) groups excluding carboxylic acids is 1. The number of aromatic nitrogens is 2. The van der Waals surface area contributed by atoms with Gasteiger partial charge in [-0.3, -0.25) is 19.1 Å². The van der Waals surface area contributed by atoms with Gasteiger partial charge in [-0.15, -0.1) is 0 Å². The highest BCUT2D eigenvalue weighted by molar-refractivity contribution is 14.1. The summed E-state index contributed by atoms with van der Waals surface area (Å²) in [5.74, 6) is -0.511. The van der Waals surface area contributed by atoms with Gasteiger partial charge in [0.15, 0.2) is 0 Å². The van der Waals surface area contributed by atoms with Crippen LogP contribution in [0.1, 0.15) is 25.1 Å². The zero-order valence-corrected chi connectivity index (χ0v) is 14.9. The summed E-state index contributed by atoms with van der Waals surface area (Å²) in [6.07, 6.45) is -0.768. The lowest BCUT2D eigenvalue weighted by Crippen LogP contribution is -2.33. The van der Waals surface area contributed by atoms with E-state index in [-0.39, 0.29) is 23.6 Å². The first-order valence-corrected chi connectivity index (χ1v) is 8.25. The fourth-order valence-electron chi connectivity index (χ4n) is 2.30. The molecule has 0 radical (unpaired) electrons.